The van der Waals surface area contributed by atoms with Gasteiger partial charge < -0.3 is 5.11 Å². The Labute approximate surface area is 182 Å². The topological polar surface area (TPSA) is 70.4 Å². The summed E-state index contributed by atoms with van der Waals surface area (Å²) in [6, 6.07) is 10.4. The number of aromatic hydroxyl groups is 1. The molecule has 0 atom stereocenters. The van der Waals surface area contributed by atoms with Crippen molar-refractivity contribution in [3.05, 3.63) is 77.2 Å². The number of rotatable bonds is 2. The van der Waals surface area contributed by atoms with Crippen LogP contribution in [-0.2, 0) is 0 Å². The molecule has 0 saturated heterocycles. The van der Waals surface area contributed by atoms with Crippen LogP contribution in [0.4, 0.5) is 5.69 Å². The minimum absolute atomic E-state index is 0.0196. The van der Waals surface area contributed by atoms with E-state index >= 15 is 0 Å². The van der Waals surface area contributed by atoms with E-state index in [-0.39, 0.29) is 16.2 Å². The Hall–Kier alpha value is -2.19. The quantitative estimate of drug-likeness (QED) is 0.434. The van der Waals surface area contributed by atoms with Gasteiger partial charge in [-0.05, 0) is 54.7 Å². The smallest absolute Gasteiger partial charge is 0.262 e. The molecule has 0 unspecified atom stereocenters. The summed E-state index contributed by atoms with van der Waals surface area (Å²) < 4.78 is 2.20. The lowest BCUT2D eigenvalue weighted by Gasteiger charge is -2.12. The molecule has 0 spiro atoms. The first-order valence-corrected chi connectivity index (χ1v) is 9.89. The van der Waals surface area contributed by atoms with E-state index in [2.05, 4.69) is 25.9 Å². The van der Waals surface area contributed by atoms with Gasteiger partial charge >= 0.3 is 0 Å². The maximum Gasteiger partial charge on any atom is 0.262 e. The molecule has 0 amide bonds. The Kier molecular flexibility index (Phi) is 5.01. The monoisotopic (exact) mass is 493 g/mol. The number of nitrogens with one attached hydrogen (secondary N) is 1. The number of allylic oxidation sites excluding steroid dienone is 1. The summed E-state index contributed by atoms with van der Waals surface area (Å²) in [5, 5.41) is 11.6. The molecule has 4 rings (SSSR count). The van der Waals surface area contributed by atoms with Gasteiger partial charge in [-0.25, -0.2) is 0 Å². The number of aromatic nitrogens is 2. The second-order valence-corrected chi connectivity index (χ2v) is 8.15. The van der Waals surface area contributed by atoms with E-state index in [4.69, 9.17) is 35.4 Å². The number of benzene rings is 2. The summed E-state index contributed by atoms with van der Waals surface area (Å²) in [6.45, 7) is 0. The van der Waals surface area contributed by atoms with Crippen LogP contribution in [-0.4, -0.2) is 20.9 Å². The van der Waals surface area contributed by atoms with Crippen molar-refractivity contribution < 1.29 is 5.11 Å². The van der Waals surface area contributed by atoms with Gasteiger partial charge in [0.05, 0.1) is 11.4 Å². The average Bonchev–Trinajstić information content (AvgIpc) is 2.99. The Balaban J connectivity index is 1.94. The number of hydrogen-bond donors (Lipinski definition) is 2. The van der Waals surface area contributed by atoms with Crippen molar-refractivity contribution >= 4 is 74.9 Å². The van der Waals surface area contributed by atoms with Crippen LogP contribution in [0, 0.1) is 4.77 Å². The number of H-pyrrole nitrogens is 1. The minimum atomic E-state index is -0.517. The first-order chi connectivity index (χ1) is 13.3. The van der Waals surface area contributed by atoms with Crippen molar-refractivity contribution in [2.24, 2.45) is 4.99 Å². The van der Waals surface area contributed by atoms with Crippen molar-refractivity contribution in [2.75, 3.05) is 0 Å². The van der Waals surface area contributed by atoms with Crippen LogP contribution in [0.3, 0.4) is 0 Å². The Bertz CT molecular complexity index is 1290. The molecule has 0 fully saturated rings. The molecule has 28 heavy (non-hydrogen) atoms. The summed E-state index contributed by atoms with van der Waals surface area (Å²) in [5.74, 6) is -0.323. The molecule has 9 heteroatoms. The standard InChI is InChI=1S/C19H10BrCl2N3O2S/c20-10-1-2-16-14(4-10)9(8-23-16)3-15-17(26)24-19(28)25(18(15)27)13-6-11(21)5-12(22)7-13/h1-8,27H,(H,24,26,28). The second kappa shape index (κ2) is 7.33. The van der Waals surface area contributed by atoms with Gasteiger partial charge in [0.25, 0.3) is 5.56 Å². The van der Waals surface area contributed by atoms with E-state index in [9.17, 15) is 9.90 Å². The third kappa shape index (κ3) is 3.46. The molecular weight excluding hydrogens is 485 g/mol. The van der Waals surface area contributed by atoms with Crippen molar-refractivity contribution in [1.29, 1.82) is 0 Å². The first kappa shape index (κ1) is 19.1. The molecule has 1 aliphatic rings. The van der Waals surface area contributed by atoms with Crippen LogP contribution >= 0.6 is 51.3 Å². The van der Waals surface area contributed by atoms with Crippen LogP contribution < -0.4 is 5.56 Å². The average molecular weight is 495 g/mol. The predicted molar refractivity (Wildman–Crippen MR) is 119 cm³/mol. The van der Waals surface area contributed by atoms with Crippen molar-refractivity contribution in [2.45, 2.75) is 0 Å². The molecule has 0 radical (unpaired) electrons. The molecule has 2 heterocycles. The van der Waals surface area contributed by atoms with Crippen LogP contribution in [0.5, 0.6) is 5.88 Å². The van der Waals surface area contributed by atoms with Gasteiger partial charge in [0.15, 0.2) is 4.77 Å². The minimum Gasteiger partial charge on any atom is -0.494 e. The van der Waals surface area contributed by atoms with Gasteiger partial charge in [0, 0.05) is 31.9 Å². The third-order valence-electron chi connectivity index (χ3n) is 4.14. The van der Waals surface area contributed by atoms with Crippen LogP contribution in [0.2, 0.25) is 10.0 Å². The molecule has 2 N–H and O–H groups in total. The van der Waals surface area contributed by atoms with Gasteiger partial charge in [-0.2, -0.15) is 0 Å². The normalized spacial score (nSPS) is 13.9. The van der Waals surface area contributed by atoms with Crippen LogP contribution in [0.25, 0.3) is 17.3 Å². The van der Waals surface area contributed by atoms with E-state index < -0.39 is 5.56 Å². The Morgan fingerprint density at radius 2 is 1.89 bits per heavy atom. The second-order valence-electron chi connectivity index (χ2n) is 5.98. The molecule has 1 aliphatic heterocycles. The molecule has 2 aromatic carbocycles. The number of hydrogen-bond acceptors (Lipinski definition) is 4. The Morgan fingerprint density at radius 3 is 2.61 bits per heavy atom. The summed E-state index contributed by atoms with van der Waals surface area (Å²) in [5.41, 5.74) is 2.26. The molecular formula is C19H10BrCl2N3O2S. The van der Waals surface area contributed by atoms with Crippen molar-refractivity contribution in [3.8, 4) is 11.6 Å². The zero-order valence-corrected chi connectivity index (χ0v) is 17.8. The molecule has 3 aromatic rings. The van der Waals surface area contributed by atoms with Gasteiger partial charge in [0.1, 0.15) is 5.56 Å². The van der Waals surface area contributed by atoms with Gasteiger partial charge in [-0.3, -0.25) is 19.3 Å². The van der Waals surface area contributed by atoms with Crippen molar-refractivity contribution in [3.63, 3.8) is 0 Å². The number of nitrogens with zero attached hydrogens (tertiary/aromatic N) is 2. The van der Waals surface area contributed by atoms with Gasteiger partial charge in [-0.1, -0.05) is 39.1 Å². The van der Waals surface area contributed by atoms with E-state index in [1.807, 2.05) is 18.2 Å². The number of fused-ring (bicyclic) bond motifs is 1. The highest BCUT2D eigenvalue weighted by molar-refractivity contribution is 9.10. The highest BCUT2D eigenvalue weighted by Crippen LogP contribution is 2.35. The van der Waals surface area contributed by atoms with Crippen molar-refractivity contribution in [1.82, 2.24) is 9.55 Å². The van der Waals surface area contributed by atoms with Crippen LogP contribution in [0.15, 0.2) is 50.7 Å². The summed E-state index contributed by atoms with van der Waals surface area (Å²) in [4.78, 5) is 19.4. The number of aliphatic imine (C=N–C) groups is 1. The summed E-state index contributed by atoms with van der Waals surface area (Å²) >= 11 is 20.8. The van der Waals surface area contributed by atoms with Crippen LogP contribution in [0.1, 0.15) is 11.1 Å². The molecule has 5 nitrogen and oxygen atoms in total. The SMILES string of the molecule is O=c1[nH]c(=S)n(-c2cc(Cl)cc(Cl)c2)c(O)c1C=C1C=Nc2ccc(Br)cc21. The molecule has 1 aromatic heterocycles. The zero-order chi connectivity index (χ0) is 20.0. The largest absolute Gasteiger partial charge is 0.494 e. The fourth-order valence-electron chi connectivity index (χ4n) is 2.91. The lowest BCUT2D eigenvalue weighted by molar-refractivity contribution is 0.432. The maximum absolute atomic E-state index is 12.5. The molecule has 0 aliphatic carbocycles. The molecule has 140 valence electrons. The van der Waals surface area contributed by atoms with Gasteiger partial charge in [0.2, 0.25) is 5.88 Å². The highest BCUT2D eigenvalue weighted by Gasteiger charge is 2.17. The lowest BCUT2D eigenvalue weighted by atomic mass is 10.1. The number of halogens is 3. The third-order valence-corrected chi connectivity index (χ3v) is 5.35. The number of aromatic amines is 1. The lowest BCUT2D eigenvalue weighted by Crippen LogP contribution is -2.16. The summed E-state index contributed by atoms with van der Waals surface area (Å²) in [6.07, 6.45) is 3.20. The molecule has 0 saturated carbocycles. The zero-order valence-electron chi connectivity index (χ0n) is 13.9. The van der Waals surface area contributed by atoms with Gasteiger partial charge in [-0.15, -0.1) is 0 Å². The predicted octanol–water partition coefficient (Wildman–Crippen LogP) is 5.93. The first-order valence-electron chi connectivity index (χ1n) is 7.94. The fourth-order valence-corrected chi connectivity index (χ4v) is 4.07. The highest BCUT2D eigenvalue weighted by atomic mass is 79.9. The van der Waals surface area contributed by atoms with E-state index in [1.54, 1.807) is 30.5 Å². The van der Waals surface area contributed by atoms with E-state index in [0.717, 1.165) is 15.7 Å². The fraction of sp³-hybridized carbons (Fsp3) is 0. The summed E-state index contributed by atoms with van der Waals surface area (Å²) in [7, 11) is 0. The van der Waals surface area contributed by atoms with E-state index in [1.165, 1.54) is 4.57 Å². The Morgan fingerprint density at radius 1 is 1.18 bits per heavy atom. The molecule has 0 bridgehead atoms. The van der Waals surface area contributed by atoms with E-state index in [0.29, 0.717) is 21.3 Å². The maximum atomic E-state index is 12.5.